The molecule has 0 bridgehead atoms. The van der Waals surface area contributed by atoms with Crippen molar-refractivity contribution in [1.82, 2.24) is 0 Å². The summed E-state index contributed by atoms with van der Waals surface area (Å²) in [6, 6.07) is 21.8. The van der Waals surface area contributed by atoms with Crippen molar-refractivity contribution in [1.29, 1.82) is 0 Å². The van der Waals surface area contributed by atoms with Gasteiger partial charge in [0.05, 0.1) is 0 Å². The second-order valence-corrected chi connectivity index (χ2v) is 6.75. The number of hydrogen-bond acceptors (Lipinski definition) is 3. The zero-order valence-electron chi connectivity index (χ0n) is 16.2. The van der Waals surface area contributed by atoms with Crippen molar-refractivity contribution in [3.8, 4) is 0 Å². The summed E-state index contributed by atoms with van der Waals surface area (Å²) >= 11 is 0. The molecule has 0 aliphatic carbocycles. The van der Waals surface area contributed by atoms with Gasteiger partial charge in [-0.25, -0.2) is 0 Å². The lowest BCUT2D eigenvalue weighted by Gasteiger charge is -2.13. The molecule has 28 heavy (non-hydrogen) atoms. The Kier molecular flexibility index (Phi) is 5.75. The zero-order valence-corrected chi connectivity index (χ0v) is 16.2. The van der Waals surface area contributed by atoms with Crippen molar-refractivity contribution in [2.24, 2.45) is 0 Å². The van der Waals surface area contributed by atoms with E-state index in [0.717, 1.165) is 16.9 Å². The number of para-hydroxylation sites is 1. The summed E-state index contributed by atoms with van der Waals surface area (Å²) in [5, 5.41) is 5.74. The maximum Gasteiger partial charge on any atom is 0.255 e. The second-order valence-electron chi connectivity index (χ2n) is 6.75. The predicted octanol–water partition coefficient (Wildman–Crippen LogP) is 4.57. The highest BCUT2D eigenvalue weighted by molar-refractivity contribution is 6.08. The van der Waals surface area contributed by atoms with Crippen molar-refractivity contribution >= 4 is 28.9 Å². The molecule has 0 atom stereocenters. The summed E-state index contributed by atoms with van der Waals surface area (Å²) in [4.78, 5) is 27.1. The first-order chi connectivity index (χ1) is 13.4. The number of carbonyl (C=O) groups is 2. The third kappa shape index (κ3) is 4.57. The molecule has 0 saturated heterocycles. The average Bonchev–Trinajstić information content (AvgIpc) is 2.70. The number of carbonyl (C=O) groups excluding carboxylic acids is 2. The lowest BCUT2D eigenvalue weighted by molar-refractivity contribution is 0.102. The van der Waals surface area contributed by atoms with Crippen LogP contribution in [-0.4, -0.2) is 25.9 Å². The van der Waals surface area contributed by atoms with Crippen LogP contribution in [-0.2, 0) is 0 Å². The van der Waals surface area contributed by atoms with E-state index in [1.165, 1.54) is 0 Å². The van der Waals surface area contributed by atoms with Crippen LogP contribution >= 0.6 is 0 Å². The fourth-order valence-corrected chi connectivity index (χ4v) is 2.76. The molecule has 0 spiro atoms. The minimum Gasteiger partial charge on any atom is -0.378 e. The predicted molar refractivity (Wildman–Crippen MR) is 114 cm³/mol. The SMILES string of the molecule is Cc1ccccc1NC(=O)c1cccc(C(=O)Nc2ccc(N(C)C)cc2)c1. The Hall–Kier alpha value is -3.60. The number of aryl methyl sites for hydroxylation is 1. The lowest BCUT2D eigenvalue weighted by atomic mass is 10.1. The maximum absolute atomic E-state index is 12.6. The van der Waals surface area contributed by atoms with Gasteiger partial charge in [0.1, 0.15) is 0 Å². The largest absolute Gasteiger partial charge is 0.378 e. The summed E-state index contributed by atoms with van der Waals surface area (Å²) in [5.74, 6) is -0.512. The summed E-state index contributed by atoms with van der Waals surface area (Å²) < 4.78 is 0. The number of anilines is 3. The fraction of sp³-hybridized carbons (Fsp3) is 0.130. The van der Waals surface area contributed by atoms with Crippen LogP contribution in [0.4, 0.5) is 17.1 Å². The maximum atomic E-state index is 12.6. The normalized spacial score (nSPS) is 10.2. The molecule has 0 aliphatic rings. The summed E-state index contributed by atoms with van der Waals surface area (Å²) in [6.45, 7) is 1.93. The van der Waals surface area contributed by atoms with Crippen LogP contribution in [0.5, 0.6) is 0 Å². The number of rotatable bonds is 5. The van der Waals surface area contributed by atoms with Gasteiger partial charge in [0.2, 0.25) is 0 Å². The number of benzene rings is 3. The first-order valence-corrected chi connectivity index (χ1v) is 9.00. The van der Waals surface area contributed by atoms with E-state index in [-0.39, 0.29) is 11.8 Å². The molecule has 5 heteroatoms. The second kappa shape index (κ2) is 8.39. The quantitative estimate of drug-likeness (QED) is 0.689. The molecule has 0 aliphatic heterocycles. The molecule has 0 saturated carbocycles. The van der Waals surface area contributed by atoms with E-state index in [1.54, 1.807) is 24.3 Å². The minimum absolute atomic E-state index is 0.251. The average molecular weight is 373 g/mol. The van der Waals surface area contributed by atoms with E-state index >= 15 is 0 Å². The number of hydrogen-bond donors (Lipinski definition) is 2. The van der Waals surface area contributed by atoms with Crippen molar-refractivity contribution < 1.29 is 9.59 Å². The van der Waals surface area contributed by atoms with E-state index in [1.807, 2.05) is 74.4 Å². The summed E-state index contributed by atoms with van der Waals surface area (Å²) in [7, 11) is 3.92. The highest BCUT2D eigenvalue weighted by Gasteiger charge is 2.12. The van der Waals surface area contributed by atoms with Gasteiger partial charge in [-0.05, 0) is 61.0 Å². The Bertz CT molecular complexity index is 995. The molecule has 0 aromatic heterocycles. The molecular weight excluding hydrogens is 350 g/mol. The Morgan fingerprint density at radius 1 is 0.750 bits per heavy atom. The van der Waals surface area contributed by atoms with Crippen molar-refractivity contribution in [3.05, 3.63) is 89.5 Å². The molecule has 0 radical (unpaired) electrons. The molecule has 0 fully saturated rings. The number of nitrogens with one attached hydrogen (secondary N) is 2. The summed E-state index contributed by atoms with van der Waals surface area (Å²) in [6.07, 6.45) is 0. The van der Waals surface area contributed by atoms with E-state index in [0.29, 0.717) is 16.8 Å². The lowest BCUT2D eigenvalue weighted by Crippen LogP contribution is -2.16. The van der Waals surface area contributed by atoms with Gasteiger partial charge in [0.15, 0.2) is 0 Å². The summed E-state index contributed by atoms with van der Waals surface area (Å²) in [5.41, 5.74) is 4.33. The van der Waals surface area contributed by atoms with Gasteiger partial charge in [0, 0.05) is 42.3 Å². The van der Waals surface area contributed by atoms with Gasteiger partial charge >= 0.3 is 0 Å². The van der Waals surface area contributed by atoms with Crippen LogP contribution in [0, 0.1) is 6.92 Å². The standard InChI is InChI=1S/C23H23N3O2/c1-16-7-4-5-10-21(16)25-23(28)18-9-6-8-17(15-18)22(27)24-19-11-13-20(14-12-19)26(2)3/h4-15H,1-3H3,(H,24,27)(H,25,28). The molecule has 142 valence electrons. The van der Waals surface area contributed by atoms with Gasteiger partial charge < -0.3 is 15.5 Å². The Labute approximate surface area is 165 Å². The van der Waals surface area contributed by atoms with Crippen molar-refractivity contribution in [2.75, 3.05) is 29.6 Å². The van der Waals surface area contributed by atoms with Crippen LogP contribution in [0.2, 0.25) is 0 Å². The van der Waals surface area contributed by atoms with E-state index in [2.05, 4.69) is 10.6 Å². The smallest absolute Gasteiger partial charge is 0.255 e. The first kappa shape index (κ1) is 19.2. The number of nitrogens with zero attached hydrogens (tertiary/aromatic N) is 1. The van der Waals surface area contributed by atoms with Gasteiger partial charge in [0.25, 0.3) is 11.8 Å². The van der Waals surface area contributed by atoms with Crippen LogP contribution in [0.3, 0.4) is 0 Å². The molecule has 2 amide bonds. The van der Waals surface area contributed by atoms with Crippen LogP contribution in [0.25, 0.3) is 0 Å². The molecule has 3 aromatic carbocycles. The molecule has 5 nitrogen and oxygen atoms in total. The van der Waals surface area contributed by atoms with Crippen LogP contribution in [0.1, 0.15) is 26.3 Å². The van der Waals surface area contributed by atoms with Crippen molar-refractivity contribution in [3.63, 3.8) is 0 Å². The molecule has 3 rings (SSSR count). The third-order valence-electron chi connectivity index (χ3n) is 4.42. The topological polar surface area (TPSA) is 61.4 Å². The fourth-order valence-electron chi connectivity index (χ4n) is 2.76. The highest BCUT2D eigenvalue weighted by atomic mass is 16.2. The first-order valence-electron chi connectivity index (χ1n) is 9.00. The molecule has 0 unspecified atom stereocenters. The minimum atomic E-state index is -0.261. The van der Waals surface area contributed by atoms with E-state index in [4.69, 9.17) is 0 Å². The Morgan fingerprint density at radius 3 is 1.96 bits per heavy atom. The Balaban J connectivity index is 1.72. The molecule has 0 heterocycles. The van der Waals surface area contributed by atoms with Crippen LogP contribution in [0.15, 0.2) is 72.8 Å². The van der Waals surface area contributed by atoms with Gasteiger partial charge in [-0.1, -0.05) is 24.3 Å². The van der Waals surface area contributed by atoms with E-state index in [9.17, 15) is 9.59 Å². The molecule has 3 aromatic rings. The molecule has 2 N–H and O–H groups in total. The van der Waals surface area contributed by atoms with Gasteiger partial charge in [-0.2, -0.15) is 0 Å². The van der Waals surface area contributed by atoms with Crippen LogP contribution < -0.4 is 15.5 Å². The zero-order chi connectivity index (χ0) is 20.1. The van der Waals surface area contributed by atoms with Crippen molar-refractivity contribution in [2.45, 2.75) is 6.92 Å². The number of amides is 2. The highest BCUT2D eigenvalue weighted by Crippen LogP contribution is 2.18. The van der Waals surface area contributed by atoms with Gasteiger partial charge in [-0.15, -0.1) is 0 Å². The monoisotopic (exact) mass is 373 g/mol. The third-order valence-corrected chi connectivity index (χ3v) is 4.42. The van der Waals surface area contributed by atoms with Gasteiger partial charge in [-0.3, -0.25) is 9.59 Å². The molecular formula is C23H23N3O2. The Morgan fingerprint density at radius 2 is 1.36 bits per heavy atom. The van der Waals surface area contributed by atoms with E-state index < -0.39 is 0 Å².